The van der Waals surface area contributed by atoms with Crippen molar-refractivity contribution in [2.45, 2.75) is 13.5 Å². The molecule has 1 fully saturated rings. The number of amides is 2. The van der Waals surface area contributed by atoms with Crippen molar-refractivity contribution < 1.29 is 19.1 Å². The van der Waals surface area contributed by atoms with Gasteiger partial charge in [-0.15, -0.1) is 0 Å². The molecule has 1 aliphatic rings. The third-order valence-corrected chi connectivity index (χ3v) is 4.89. The minimum absolute atomic E-state index is 0.203. The Labute approximate surface area is 171 Å². The summed E-state index contributed by atoms with van der Waals surface area (Å²) >= 11 is 0. The summed E-state index contributed by atoms with van der Waals surface area (Å²) in [5.74, 6) is 0.408. The monoisotopic (exact) mass is 397 g/mol. The lowest BCUT2D eigenvalue weighted by Gasteiger charge is -2.34. The van der Waals surface area contributed by atoms with Gasteiger partial charge in [0.15, 0.2) is 0 Å². The Morgan fingerprint density at radius 3 is 2.34 bits per heavy atom. The van der Waals surface area contributed by atoms with E-state index in [0.717, 1.165) is 25.4 Å². The molecule has 1 heterocycles. The number of benzene rings is 2. The molecule has 0 aromatic heterocycles. The van der Waals surface area contributed by atoms with Gasteiger partial charge in [0.05, 0.1) is 25.0 Å². The molecule has 0 spiro atoms. The van der Waals surface area contributed by atoms with Crippen LogP contribution >= 0.6 is 0 Å². The maximum Gasteiger partial charge on any atom is 0.340 e. The van der Waals surface area contributed by atoms with Gasteiger partial charge in [-0.1, -0.05) is 24.3 Å². The fourth-order valence-electron chi connectivity index (χ4n) is 3.27. The van der Waals surface area contributed by atoms with Gasteiger partial charge in [0.25, 0.3) is 0 Å². The molecule has 2 aromatic rings. The second-order valence-electron chi connectivity index (χ2n) is 6.81. The van der Waals surface area contributed by atoms with Crippen molar-refractivity contribution in [2.24, 2.45) is 0 Å². The maximum atomic E-state index is 12.7. The van der Waals surface area contributed by atoms with Crippen molar-refractivity contribution in [2.75, 3.05) is 45.2 Å². The van der Waals surface area contributed by atoms with Crippen molar-refractivity contribution in [1.82, 2.24) is 9.80 Å². The number of methoxy groups -OCH3 is 1. The Balaban J connectivity index is 1.53. The zero-order valence-corrected chi connectivity index (χ0v) is 16.9. The molecule has 29 heavy (non-hydrogen) atoms. The minimum Gasteiger partial charge on any atom is -0.497 e. The molecule has 1 saturated heterocycles. The second-order valence-corrected chi connectivity index (χ2v) is 6.81. The van der Waals surface area contributed by atoms with Crippen LogP contribution in [0.5, 0.6) is 5.75 Å². The summed E-state index contributed by atoms with van der Waals surface area (Å²) in [6.07, 6.45) is 0. The van der Waals surface area contributed by atoms with E-state index in [4.69, 9.17) is 9.47 Å². The summed E-state index contributed by atoms with van der Waals surface area (Å²) in [4.78, 5) is 28.8. The molecule has 0 bridgehead atoms. The number of para-hydroxylation sites is 1. The Morgan fingerprint density at radius 1 is 1.00 bits per heavy atom. The highest BCUT2D eigenvalue weighted by Crippen LogP contribution is 2.18. The highest BCUT2D eigenvalue weighted by atomic mass is 16.5. The molecule has 0 saturated carbocycles. The molecule has 0 unspecified atom stereocenters. The first-order valence-electron chi connectivity index (χ1n) is 9.78. The van der Waals surface area contributed by atoms with Crippen LogP contribution in [0.4, 0.5) is 10.5 Å². The lowest BCUT2D eigenvalue weighted by atomic mass is 10.2. The van der Waals surface area contributed by atoms with Crippen LogP contribution in [0.1, 0.15) is 22.8 Å². The highest BCUT2D eigenvalue weighted by molar-refractivity contribution is 6.00. The van der Waals surface area contributed by atoms with Crippen molar-refractivity contribution in [3.63, 3.8) is 0 Å². The zero-order valence-electron chi connectivity index (χ0n) is 16.9. The Morgan fingerprint density at radius 2 is 1.69 bits per heavy atom. The number of carbonyl (C=O) groups is 2. The molecular weight excluding hydrogens is 370 g/mol. The third kappa shape index (κ3) is 5.48. The number of carbonyl (C=O) groups excluding carboxylic acids is 2. The van der Waals surface area contributed by atoms with Crippen LogP contribution in [0.15, 0.2) is 48.5 Å². The topological polar surface area (TPSA) is 71.1 Å². The molecule has 2 amide bonds. The van der Waals surface area contributed by atoms with Gasteiger partial charge in [-0.3, -0.25) is 4.90 Å². The standard InChI is InChI=1S/C22H27N3O4/c1-3-29-21(26)19-6-4-5-7-20(19)23-22(27)25-14-12-24(13-15-25)16-17-8-10-18(28-2)11-9-17/h4-11H,3,12-16H2,1-2H3,(H,23,27). The predicted octanol–water partition coefficient (Wildman–Crippen LogP) is 3.22. The lowest BCUT2D eigenvalue weighted by Crippen LogP contribution is -2.49. The number of hydrogen-bond donors (Lipinski definition) is 1. The van der Waals surface area contributed by atoms with E-state index in [2.05, 4.69) is 22.3 Å². The van der Waals surface area contributed by atoms with E-state index in [1.165, 1.54) is 5.56 Å². The van der Waals surface area contributed by atoms with Crippen LogP contribution in [0, 0.1) is 0 Å². The Kier molecular flexibility index (Phi) is 7.08. The molecule has 2 aromatic carbocycles. The van der Waals surface area contributed by atoms with Gasteiger partial charge in [-0.2, -0.15) is 0 Å². The SMILES string of the molecule is CCOC(=O)c1ccccc1NC(=O)N1CCN(Cc2ccc(OC)cc2)CC1. The van der Waals surface area contributed by atoms with Gasteiger partial charge >= 0.3 is 12.0 Å². The van der Waals surface area contributed by atoms with Crippen LogP contribution in [0.25, 0.3) is 0 Å². The molecule has 0 atom stereocenters. The van der Waals surface area contributed by atoms with Gasteiger partial charge in [0, 0.05) is 32.7 Å². The zero-order chi connectivity index (χ0) is 20.6. The van der Waals surface area contributed by atoms with Crippen molar-refractivity contribution >= 4 is 17.7 Å². The van der Waals surface area contributed by atoms with E-state index in [0.29, 0.717) is 24.3 Å². The summed E-state index contributed by atoms with van der Waals surface area (Å²) < 4.78 is 10.3. The van der Waals surface area contributed by atoms with Gasteiger partial charge < -0.3 is 19.7 Å². The van der Waals surface area contributed by atoms with Gasteiger partial charge in [0.2, 0.25) is 0 Å². The normalized spacial score (nSPS) is 14.3. The average molecular weight is 397 g/mol. The third-order valence-electron chi connectivity index (χ3n) is 4.89. The predicted molar refractivity (Wildman–Crippen MR) is 111 cm³/mol. The van der Waals surface area contributed by atoms with E-state index >= 15 is 0 Å². The summed E-state index contributed by atoms with van der Waals surface area (Å²) in [6, 6.07) is 14.7. The highest BCUT2D eigenvalue weighted by Gasteiger charge is 2.22. The van der Waals surface area contributed by atoms with Gasteiger partial charge in [-0.25, -0.2) is 9.59 Å². The molecule has 1 aliphatic heterocycles. The quantitative estimate of drug-likeness (QED) is 0.758. The number of rotatable bonds is 6. The fraction of sp³-hybridized carbons (Fsp3) is 0.364. The Bertz CT molecular complexity index is 830. The van der Waals surface area contributed by atoms with Crippen molar-refractivity contribution in [3.05, 3.63) is 59.7 Å². The number of nitrogens with zero attached hydrogens (tertiary/aromatic N) is 2. The number of ether oxygens (including phenoxy) is 2. The number of anilines is 1. The fourth-order valence-corrected chi connectivity index (χ4v) is 3.27. The van der Waals surface area contributed by atoms with Crippen molar-refractivity contribution in [1.29, 1.82) is 0 Å². The van der Waals surface area contributed by atoms with Crippen LogP contribution in [-0.2, 0) is 11.3 Å². The van der Waals surface area contributed by atoms with Crippen LogP contribution in [0.2, 0.25) is 0 Å². The summed E-state index contributed by atoms with van der Waals surface area (Å²) in [7, 11) is 1.66. The van der Waals surface area contributed by atoms with Crippen molar-refractivity contribution in [3.8, 4) is 5.75 Å². The van der Waals surface area contributed by atoms with E-state index in [1.54, 1.807) is 43.2 Å². The number of nitrogens with one attached hydrogen (secondary N) is 1. The maximum absolute atomic E-state index is 12.7. The summed E-state index contributed by atoms with van der Waals surface area (Å²) in [6.45, 7) is 5.72. The van der Waals surface area contributed by atoms with Gasteiger partial charge in [0.1, 0.15) is 5.75 Å². The van der Waals surface area contributed by atoms with Crippen LogP contribution in [0.3, 0.4) is 0 Å². The first-order valence-corrected chi connectivity index (χ1v) is 9.78. The lowest BCUT2D eigenvalue weighted by molar-refractivity contribution is 0.0527. The van der Waals surface area contributed by atoms with Gasteiger partial charge in [-0.05, 0) is 36.8 Å². The molecule has 7 nitrogen and oxygen atoms in total. The first kappa shape index (κ1) is 20.7. The molecule has 7 heteroatoms. The van der Waals surface area contributed by atoms with Crippen LogP contribution in [-0.4, -0.2) is 61.7 Å². The average Bonchev–Trinajstić information content (AvgIpc) is 2.75. The number of piperazine rings is 1. The molecular formula is C22H27N3O4. The van der Waals surface area contributed by atoms with E-state index < -0.39 is 5.97 Å². The molecule has 3 rings (SSSR count). The number of urea groups is 1. The summed E-state index contributed by atoms with van der Waals surface area (Å²) in [5, 5.41) is 2.85. The molecule has 0 radical (unpaired) electrons. The largest absolute Gasteiger partial charge is 0.497 e. The van der Waals surface area contributed by atoms with Crippen LogP contribution < -0.4 is 10.1 Å². The molecule has 0 aliphatic carbocycles. The van der Waals surface area contributed by atoms with E-state index in [-0.39, 0.29) is 12.6 Å². The second kappa shape index (κ2) is 9.93. The van der Waals surface area contributed by atoms with E-state index in [1.807, 2.05) is 12.1 Å². The Hall–Kier alpha value is -3.06. The minimum atomic E-state index is -0.437. The number of hydrogen-bond acceptors (Lipinski definition) is 5. The summed E-state index contributed by atoms with van der Waals surface area (Å²) in [5.41, 5.74) is 2.05. The molecule has 1 N–H and O–H groups in total. The smallest absolute Gasteiger partial charge is 0.340 e. The van der Waals surface area contributed by atoms with E-state index in [9.17, 15) is 9.59 Å². The number of esters is 1. The first-order chi connectivity index (χ1) is 14.1. The molecule has 154 valence electrons.